The van der Waals surface area contributed by atoms with Gasteiger partial charge in [-0.05, 0) is 43.5 Å². The highest BCUT2D eigenvalue weighted by Gasteiger charge is 2.05. The summed E-state index contributed by atoms with van der Waals surface area (Å²) < 4.78 is 0. The number of hydrogen-bond donors (Lipinski definition) is 1. The average molecular weight is 296 g/mol. The van der Waals surface area contributed by atoms with Gasteiger partial charge in [-0.3, -0.25) is 0 Å². The summed E-state index contributed by atoms with van der Waals surface area (Å²) in [5.74, 6) is 0. The van der Waals surface area contributed by atoms with Gasteiger partial charge in [0.15, 0.2) is 0 Å². The summed E-state index contributed by atoms with van der Waals surface area (Å²) in [6, 6.07) is 20.4. The van der Waals surface area contributed by atoms with Crippen LogP contribution in [0.25, 0.3) is 0 Å². The number of para-hydroxylation sites is 2. The Morgan fingerprint density at radius 3 is 1.86 bits per heavy atom. The lowest BCUT2D eigenvalue weighted by Gasteiger charge is -2.19. The number of aliphatic hydroxyl groups excluding tert-OH is 1. The van der Waals surface area contributed by atoms with Gasteiger partial charge in [0.2, 0.25) is 0 Å². The van der Waals surface area contributed by atoms with E-state index in [9.17, 15) is 0 Å². The molecule has 0 atom stereocenters. The van der Waals surface area contributed by atoms with Gasteiger partial charge in [0.25, 0.3) is 0 Å². The van der Waals surface area contributed by atoms with Crippen LogP contribution in [0.4, 0.5) is 11.4 Å². The lowest BCUT2D eigenvalue weighted by atomic mass is 10.2. The van der Waals surface area contributed by atoms with Crippen molar-refractivity contribution in [3.63, 3.8) is 0 Å². The van der Waals surface area contributed by atoms with Crippen LogP contribution in [-0.2, 0) is 0 Å². The molecule has 3 heteroatoms. The molecule has 0 aliphatic rings. The van der Waals surface area contributed by atoms with Gasteiger partial charge in [-0.1, -0.05) is 49.2 Å². The SMILES string of the molecule is OCCCCCC/C=N/N(c1ccccc1)c1ccccc1. The van der Waals surface area contributed by atoms with E-state index < -0.39 is 0 Å². The molecule has 1 N–H and O–H groups in total. The summed E-state index contributed by atoms with van der Waals surface area (Å²) in [7, 11) is 0. The first-order chi connectivity index (χ1) is 10.9. The molecule has 0 heterocycles. The highest BCUT2D eigenvalue weighted by atomic mass is 16.2. The molecular formula is C19H24N2O. The molecule has 0 aliphatic heterocycles. The second kappa shape index (κ2) is 9.74. The number of unbranched alkanes of at least 4 members (excludes halogenated alkanes) is 4. The minimum Gasteiger partial charge on any atom is -0.396 e. The quantitative estimate of drug-likeness (QED) is 0.411. The second-order valence-corrected chi connectivity index (χ2v) is 5.21. The van der Waals surface area contributed by atoms with E-state index in [2.05, 4.69) is 29.4 Å². The second-order valence-electron chi connectivity index (χ2n) is 5.21. The van der Waals surface area contributed by atoms with Gasteiger partial charge in [-0.25, -0.2) is 5.01 Å². The number of aliphatic hydroxyl groups is 1. The molecule has 2 aromatic carbocycles. The zero-order chi connectivity index (χ0) is 15.5. The third-order valence-corrected chi connectivity index (χ3v) is 3.44. The molecule has 3 nitrogen and oxygen atoms in total. The Morgan fingerprint density at radius 1 is 0.773 bits per heavy atom. The van der Waals surface area contributed by atoms with Crippen molar-refractivity contribution in [3.05, 3.63) is 60.7 Å². The normalized spacial score (nSPS) is 11.0. The first-order valence-electron chi connectivity index (χ1n) is 7.95. The topological polar surface area (TPSA) is 35.8 Å². The lowest BCUT2D eigenvalue weighted by molar-refractivity contribution is 0.283. The largest absolute Gasteiger partial charge is 0.396 e. The van der Waals surface area contributed by atoms with Gasteiger partial charge in [-0.2, -0.15) is 5.10 Å². The predicted octanol–water partition coefficient (Wildman–Crippen LogP) is 4.75. The van der Waals surface area contributed by atoms with Crippen molar-refractivity contribution in [1.82, 2.24) is 0 Å². The number of rotatable bonds is 9. The molecule has 0 aliphatic carbocycles. The highest BCUT2D eigenvalue weighted by molar-refractivity contribution is 5.67. The fourth-order valence-corrected chi connectivity index (χ4v) is 2.26. The van der Waals surface area contributed by atoms with E-state index in [1.165, 1.54) is 0 Å². The first kappa shape index (κ1) is 16.2. The molecule has 0 aromatic heterocycles. The first-order valence-corrected chi connectivity index (χ1v) is 7.95. The zero-order valence-corrected chi connectivity index (χ0v) is 12.9. The van der Waals surface area contributed by atoms with Gasteiger partial charge in [-0.15, -0.1) is 0 Å². The Bertz CT molecular complexity index is 500. The molecule has 116 valence electrons. The van der Waals surface area contributed by atoms with Crippen LogP contribution in [0.2, 0.25) is 0 Å². The van der Waals surface area contributed by atoms with Crippen molar-refractivity contribution in [2.75, 3.05) is 11.6 Å². The summed E-state index contributed by atoms with van der Waals surface area (Å²) in [4.78, 5) is 0. The van der Waals surface area contributed by atoms with E-state index in [1.807, 2.05) is 47.6 Å². The molecule has 0 fully saturated rings. The molecule has 0 saturated heterocycles. The zero-order valence-electron chi connectivity index (χ0n) is 12.9. The standard InChI is InChI=1S/C19H24N2O/c22-17-11-3-1-2-10-16-20-21(18-12-6-4-7-13-18)19-14-8-5-9-15-19/h4-9,12-16,22H,1-3,10-11,17H2/b20-16+. The van der Waals surface area contributed by atoms with E-state index >= 15 is 0 Å². The third-order valence-electron chi connectivity index (χ3n) is 3.44. The summed E-state index contributed by atoms with van der Waals surface area (Å²) in [6.07, 6.45) is 7.19. The van der Waals surface area contributed by atoms with Crippen molar-refractivity contribution in [2.24, 2.45) is 5.10 Å². The number of nitrogens with zero attached hydrogens (tertiary/aromatic N) is 2. The summed E-state index contributed by atoms with van der Waals surface area (Å²) in [5.41, 5.74) is 2.12. The third kappa shape index (κ3) is 5.34. The summed E-state index contributed by atoms with van der Waals surface area (Å²) in [5, 5.41) is 15.4. The Kier molecular flexibility index (Phi) is 7.19. The van der Waals surface area contributed by atoms with E-state index in [0.717, 1.165) is 43.5 Å². The van der Waals surface area contributed by atoms with E-state index in [0.29, 0.717) is 6.61 Å². The minimum atomic E-state index is 0.296. The minimum absolute atomic E-state index is 0.296. The van der Waals surface area contributed by atoms with Gasteiger partial charge in [0.1, 0.15) is 0 Å². The fraction of sp³-hybridized carbons (Fsp3) is 0.316. The van der Waals surface area contributed by atoms with Crippen molar-refractivity contribution in [1.29, 1.82) is 0 Å². The lowest BCUT2D eigenvalue weighted by Crippen LogP contribution is -2.08. The predicted molar refractivity (Wildman–Crippen MR) is 93.7 cm³/mol. The Balaban J connectivity index is 1.97. The smallest absolute Gasteiger partial charge is 0.0652 e. The molecule has 2 aromatic rings. The van der Waals surface area contributed by atoms with Crippen molar-refractivity contribution in [2.45, 2.75) is 32.1 Å². The molecule has 0 spiro atoms. The average Bonchev–Trinajstić information content (AvgIpc) is 2.59. The van der Waals surface area contributed by atoms with Crippen LogP contribution in [0.3, 0.4) is 0 Å². The molecule has 0 amide bonds. The van der Waals surface area contributed by atoms with E-state index in [-0.39, 0.29) is 0 Å². The highest BCUT2D eigenvalue weighted by Crippen LogP contribution is 2.24. The summed E-state index contributed by atoms with van der Waals surface area (Å²) in [6.45, 7) is 0.296. The van der Waals surface area contributed by atoms with Crippen molar-refractivity contribution in [3.8, 4) is 0 Å². The maximum absolute atomic E-state index is 8.76. The molecule has 0 radical (unpaired) electrons. The number of hydrazone groups is 1. The summed E-state index contributed by atoms with van der Waals surface area (Å²) >= 11 is 0. The maximum Gasteiger partial charge on any atom is 0.0652 e. The Hall–Kier alpha value is -2.13. The molecule has 0 unspecified atom stereocenters. The van der Waals surface area contributed by atoms with E-state index in [4.69, 9.17) is 5.11 Å². The van der Waals surface area contributed by atoms with Crippen LogP contribution >= 0.6 is 0 Å². The Morgan fingerprint density at radius 2 is 1.32 bits per heavy atom. The van der Waals surface area contributed by atoms with Gasteiger partial charge < -0.3 is 5.11 Å². The van der Waals surface area contributed by atoms with Gasteiger partial charge in [0.05, 0.1) is 11.4 Å². The molecule has 2 rings (SSSR count). The number of hydrogen-bond acceptors (Lipinski definition) is 3. The molecule has 22 heavy (non-hydrogen) atoms. The van der Waals surface area contributed by atoms with Crippen LogP contribution in [0.1, 0.15) is 32.1 Å². The van der Waals surface area contributed by atoms with Crippen LogP contribution in [-0.4, -0.2) is 17.9 Å². The Labute approximate surface area is 132 Å². The molecular weight excluding hydrogens is 272 g/mol. The van der Waals surface area contributed by atoms with Gasteiger partial charge >= 0.3 is 0 Å². The maximum atomic E-state index is 8.76. The molecule has 0 bridgehead atoms. The van der Waals surface area contributed by atoms with Crippen molar-refractivity contribution >= 4 is 17.6 Å². The monoisotopic (exact) mass is 296 g/mol. The molecule has 0 saturated carbocycles. The van der Waals surface area contributed by atoms with Crippen molar-refractivity contribution < 1.29 is 5.11 Å². The van der Waals surface area contributed by atoms with Crippen LogP contribution in [0.5, 0.6) is 0 Å². The number of anilines is 2. The van der Waals surface area contributed by atoms with Crippen LogP contribution < -0.4 is 5.01 Å². The van der Waals surface area contributed by atoms with Gasteiger partial charge in [0, 0.05) is 12.8 Å². The van der Waals surface area contributed by atoms with Crippen LogP contribution in [0.15, 0.2) is 65.8 Å². The number of benzene rings is 2. The van der Waals surface area contributed by atoms with Crippen LogP contribution in [0, 0.1) is 0 Å². The fourth-order valence-electron chi connectivity index (χ4n) is 2.26. The van der Waals surface area contributed by atoms with E-state index in [1.54, 1.807) is 0 Å².